The number of carbonyl (C=O) groups is 1. The van der Waals surface area contributed by atoms with Crippen LogP contribution in [-0.2, 0) is 0 Å². The van der Waals surface area contributed by atoms with E-state index >= 15 is 0 Å². The molecule has 3 heterocycles. The van der Waals surface area contributed by atoms with Crippen LogP contribution in [0.3, 0.4) is 0 Å². The first-order valence-electron chi connectivity index (χ1n) is 10.3. The SMILES string of the molecule is CN(C)C1CCN(c2ccc(NC(=O)N3CCN(c4ccncc4)CC3)cc2)C1. The van der Waals surface area contributed by atoms with E-state index in [0.717, 1.165) is 37.6 Å². The molecule has 0 saturated carbocycles. The van der Waals surface area contributed by atoms with Gasteiger partial charge in [-0.3, -0.25) is 4.98 Å². The van der Waals surface area contributed by atoms with Crippen LogP contribution in [0.4, 0.5) is 21.9 Å². The minimum Gasteiger partial charge on any atom is -0.370 e. The van der Waals surface area contributed by atoms with Crippen molar-refractivity contribution >= 4 is 23.1 Å². The van der Waals surface area contributed by atoms with Gasteiger partial charge in [-0.1, -0.05) is 0 Å². The summed E-state index contributed by atoms with van der Waals surface area (Å²) >= 11 is 0. The van der Waals surface area contributed by atoms with Crippen LogP contribution in [0, 0.1) is 0 Å². The number of rotatable bonds is 4. The maximum Gasteiger partial charge on any atom is 0.321 e. The van der Waals surface area contributed by atoms with Crippen molar-refractivity contribution in [2.45, 2.75) is 12.5 Å². The van der Waals surface area contributed by atoms with Gasteiger partial charge in [-0.2, -0.15) is 0 Å². The Kier molecular flexibility index (Phi) is 5.85. The molecule has 29 heavy (non-hydrogen) atoms. The van der Waals surface area contributed by atoms with E-state index in [9.17, 15) is 4.79 Å². The Labute approximate surface area is 172 Å². The van der Waals surface area contributed by atoms with Gasteiger partial charge in [0.05, 0.1) is 0 Å². The van der Waals surface area contributed by atoms with Gasteiger partial charge in [-0.25, -0.2) is 4.79 Å². The fourth-order valence-corrected chi connectivity index (χ4v) is 4.08. The monoisotopic (exact) mass is 394 g/mol. The number of hydrogen-bond acceptors (Lipinski definition) is 5. The molecular weight excluding hydrogens is 364 g/mol. The van der Waals surface area contributed by atoms with E-state index in [2.05, 4.69) is 51.2 Å². The van der Waals surface area contributed by atoms with Gasteiger partial charge in [0, 0.05) is 74.8 Å². The number of aromatic nitrogens is 1. The number of amides is 2. The molecule has 7 nitrogen and oxygen atoms in total. The summed E-state index contributed by atoms with van der Waals surface area (Å²) in [4.78, 5) is 25.6. The largest absolute Gasteiger partial charge is 0.370 e. The third-order valence-electron chi connectivity index (χ3n) is 5.97. The predicted molar refractivity (Wildman–Crippen MR) is 118 cm³/mol. The molecule has 2 saturated heterocycles. The Balaban J connectivity index is 1.28. The van der Waals surface area contributed by atoms with E-state index in [1.165, 1.54) is 12.1 Å². The van der Waals surface area contributed by atoms with E-state index in [1.807, 2.05) is 29.2 Å². The third-order valence-corrected chi connectivity index (χ3v) is 5.97. The Morgan fingerprint density at radius 3 is 2.21 bits per heavy atom. The minimum absolute atomic E-state index is 0.0269. The summed E-state index contributed by atoms with van der Waals surface area (Å²) in [6.45, 7) is 5.23. The van der Waals surface area contributed by atoms with Crippen molar-refractivity contribution in [3.8, 4) is 0 Å². The van der Waals surface area contributed by atoms with Crippen LogP contribution in [0.5, 0.6) is 0 Å². The first-order chi connectivity index (χ1) is 14.1. The average molecular weight is 395 g/mol. The van der Waals surface area contributed by atoms with Crippen molar-refractivity contribution in [1.82, 2.24) is 14.8 Å². The van der Waals surface area contributed by atoms with Crippen molar-refractivity contribution in [3.63, 3.8) is 0 Å². The molecule has 0 bridgehead atoms. The highest BCUT2D eigenvalue weighted by atomic mass is 16.2. The summed E-state index contributed by atoms with van der Waals surface area (Å²) in [5.74, 6) is 0. The van der Waals surface area contributed by atoms with Crippen LogP contribution in [0.25, 0.3) is 0 Å². The first-order valence-corrected chi connectivity index (χ1v) is 10.3. The number of likely N-dealkylation sites (N-methyl/N-ethyl adjacent to an activating group) is 1. The normalized spacial score (nSPS) is 19.7. The van der Waals surface area contributed by atoms with E-state index in [1.54, 1.807) is 12.4 Å². The molecule has 2 aliphatic rings. The number of benzene rings is 1. The number of anilines is 3. The smallest absolute Gasteiger partial charge is 0.321 e. The van der Waals surface area contributed by atoms with Crippen molar-refractivity contribution in [2.24, 2.45) is 0 Å². The van der Waals surface area contributed by atoms with Crippen LogP contribution in [0.15, 0.2) is 48.8 Å². The number of hydrogen-bond donors (Lipinski definition) is 1. The van der Waals surface area contributed by atoms with Crippen LogP contribution >= 0.6 is 0 Å². The summed E-state index contributed by atoms with van der Waals surface area (Å²) < 4.78 is 0. The standard InChI is InChI=1S/C22H30N6O/c1-25(2)21-9-12-28(17-21)19-5-3-18(4-6-19)24-22(29)27-15-13-26(14-16-27)20-7-10-23-11-8-20/h3-8,10-11,21H,9,12-17H2,1-2H3,(H,24,29). The van der Waals surface area contributed by atoms with Crippen molar-refractivity contribution < 1.29 is 4.79 Å². The molecule has 2 aromatic rings. The van der Waals surface area contributed by atoms with Gasteiger partial charge in [0.1, 0.15) is 0 Å². The zero-order valence-electron chi connectivity index (χ0n) is 17.3. The summed E-state index contributed by atoms with van der Waals surface area (Å²) in [7, 11) is 4.29. The van der Waals surface area contributed by atoms with E-state index in [4.69, 9.17) is 0 Å². The van der Waals surface area contributed by atoms with Crippen LogP contribution in [0.1, 0.15) is 6.42 Å². The molecule has 1 atom stereocenters. The fraction of sp³-hybridized carbons (Fsp3) is 0.455. The lowest BCUT2D eigenvalue weighted by Crippen LogP contribution is -2.50. The van der Waals surface area contributed by atoms with E-state index < -0.39 is 0 Å². The first kappa shape index (κ1) is 19.5. The highest BCUT2D eigenvalue weighted by Gasteiger charge is 2.24. The van der Waals surface area contributed by atoms with Gasteiger partial charge in [-0.05, 0) is 56.9 Å². The lowest BCUT2D eigenvalue weighted by atomic mass is 10.2. The second-order valence-electron chi connectivity index (χ2n) is 8.01. The maximum absolute atomic E-state index is 12.6. The number of piperazine rings is 1. The summed E-state index contributed by atoms with van der Waals surface area (Å²) in [5.41, 5.74) is 3.23. The molecule has 7 heteroatoms. The van der Waals surface area contributed by atoms with Gasteiger partial charge in [0.2, 0.25) is 0 Å². The number of nitrogens with zero attached hydrogens (tertiary/aromatic N) is 5. The summed E-state index contributed by atoms with van der Waals surface area (Å²) in [5, 5.41) is 3.04. The summed E-state index contributed by atoms with van der Waals surface area (Å²) in [6, 6.07) is 12.8. The molecule has 0 aliphatic carbocycles. The van der Waals surface area contributed by atoms with Crippen LogP contribution in [-0.4, -0.2) is 80.2 Å². The molecule has 1 N–H and O–H groups in total. The minimum atomic E-state index is -0.0269. The maximum atomic E-state index is 12.6. The Hall–Kier alpha value is -2.80. The highest BCUT2D eigenvalue weighted by molar-refractivity contribution is 5.89. The van der Waals surface area contributed by atoms with Gasteiger partial charge < -0.3 is 24.9 Å². The van der Waals surface area contributed by atoms with Crippen molar-refractivity contribution in [2.75, 3.05) is 68.5 Å². The zero-order valence-corrected chi connectivity index (χ0v) is 17.3. The molecule has 0 spiro atoms. The van der Waals surface area contributed by atoms with Gasteiger partial charge in [0.15, 0.2) is 0 Å². The summed E-state index contributed by atoms with van der Waals surface area (Å²) in [6.07, 6.45) is 4.80. The molecule has 154 valence electrons. The zero-order chi connectivity index (χ0) is 20.2. The molecule has 2 amide bonds. The second kappa shape index (κ2) is 8.69. The molecule has 4 rings (SSSR count). The Morgan fingerprint density at radius 2 is 1.59 bits per heavy atom. The molecule has 2 fully saturated rings. The molecule has 1 aromatic heterocycles. The van der Waals surface area contributed by atoms with Gasteiger partial charge >= 0.3 is 6.03 Å². The van der Waals surface area contributed by atoms with Gasteiger partial charge in [0.25, 0.3) is 0 Å². The topological polar surface area (TPSA) is 55.0 Å². The molecule has 1 unspecified atom stereocenters. The Morgan fingerprint density at radius 1 is 0.931 bits per heavy atom. The molecular formula is C22H30N6O. The molecule has 2 aliphatic heterocycles. The molecule has 0 radical (unpaired) electrons. The van der Waals surface area contributed by atoms with Crippen molar-refractivity contribution in [1.29, 1.82) is 0 Å². The Bertz CT molecular complexity index is 802. The van der Waals surface area contributed by atoms with Gasteiger partial charge in [-0.15, -0.1) is 0 Å². The highest BCUT2D eigenvalue weighted by Crippen LogP contribution is 2.24. The average Bonchev–Trinajstić information content (AvgIpc) is 3.26. The number of urea groups is 1. The third kappa shape index (κ3) is 4.62. The number of pyridine rings is 1. The van der Waals surface area contributed by atoms with E-state index in [0.29, 0.717) is 19.1 Å². The van der Waals surface area contributed by atoms with Crippen molar-refractivity contribution in [3.05, 3.63) is 48.8 Å². The fourth-order valence-electron chi connectivity index (χ4n) is 4.08. The predicted octanol–water partition coefficient (Wildman–Crippen LogP) is 2.58. The number of carbonyl (C=O) groups excluding carboxylic acids is 1. The lowest BCUT2D eigenvalue weighted by Gasteiger charge is -2.36. The lowest BCUT2D eigenvalue weighted by molar-refractivity contribution is 0.208. The van der Waals surface area contributed by atoms with E-state index in [-0.39, 0.29) is 6.03 Å². The van der Waals surface area contributed by atoms with Crippen LogP contribution in [0.2, 0.25) is 0 Å². The molecule has 1 aromatic carbocycles. The van der Waals surface area contributed by atoms with Crippen LogP contribution < -0.4 is 15.1 Å². The second-order valence-corrected chi connectivity index (χ2v) is 8.01. The quantitative estimate of drug-likeness (QED) is 0.864. The number of nitrogens with one attached hydrogen (secondary N) is 1.